The quantitative estimate of drug-likeness (QED) is 0.823. The van der Waals surface area contributed by atoms with E-state index in [1.165, 1.54) is 0 Å². The second-order valence-corrected chi connectivity index (χ2v) is 6.64. The average molecular weight is 344 g/mol. The third-order valence-electron chi connectivity index (χ3n) is 4.82. The van der Waals surface area contributed by atoms with Crippen molar-refractivity contribution in [3.8, 4) is 0 Å². The summed E-state index contributed by atoms with van der Waals surface area (Å²) in [5.74, 6) is 0.969. The summed E-state index contributed by atoms with van der Waals surface area (Å²) in [5.41, 5.74) is 1.63. The van der Waals surface area contributed by atoms with Crippen molar-refractivity contribution in [2.75, 3.05) is 13.7 Å². The number of nitrogens with zero attached hydrogens (tertiary/aromatic N) is 3. The SMILES string of the molecule is COCc1ccc(C(=O)NC[C@H]2C[C@H](c3nncn3C)C[C@H]2O)cc1. The molecule has 1 fully saturated rings. The Morgan fingerprint density at radius 1 is 1.36 bits per heavy atom. The highest BCUT2D eigenvalue weighted by atomic mass is 16.5. The van der Waals surface area contributed by atoms with Crippen LogP contribution in [-0.4, -0.2) is 45.5 Å². The van der Waals surface area contributed by atoms with Crippen molar-refractivity contribution in [2.45, 2.75) is 31.5 Å². The first-order valence-electron chi connectivity index (χ1n) is 8.46. The fourth-order valence-electron chi connectivity index (χ4n) is 3.44. The number of methoxy groups -OCH3 is 1. The normalized spacial score (nSPS) is 22.9. The fraction of sp³-hybridized carbons (Fsp3) is 0.500. The van der Waals surface area contributed by atoms with Gasteiger partial charge >= 0.3 is 0 Å². The third kappa shape index (κ3) is 4.05. The summed E-state index contributed by atoms with van der Waals surface area (Å²) in [5, 5.41) is 21.3. The van der Waals surface area contributed by atoms with E-state index >= 15 is 0 Å². The van der Waals surface area contributed by atoms with Crippen molar-refractivity contribution >= 4 is 5.91 Å². The lowest BCUT2D eigenvalue weighted by atomic mass is 10.0. The zero-order chi connectivity index (χ0) is 17.8. The molecule has 1 aliphatic rings. The van der Waals surface area contributed by atoms with Crippen molar-refractivity contribution in [1.29, 1.82) is 0 Å². The Labute approximate surface area is 147 Å². The third-order valence-corrected chi connectivity index (χ3v) is 4.82. The van der Waals surface area contributed by atoms with E-state index in [0.29, 0.717) is 25.1 Å². The number of ether oxygens (including phenoxy) is 1. The standard InChI is InChI=1S/C18H24N4O3/c1-22-11-20-21-17(22)14-7-15(16(23)8-14)9-19-18(24)13-5-3-12(4-6-13)10-25-2/h3-6,11,14-16,23H,7-10H2,1-2H3,(H,19,24)/t14-,15+,16+/m0/s1. The van der Waals surface area contributed by atoms with Gasteiger partial charge < -0.3 is 19.7 Å². The molecule has 0 bridgehead atoms. The molecule has 134 valence electrons. The number of hydrogen-bond donors (Lipinski definition) is 2. The molecule has 7 heteroatoms. The zero-order valence-corrected chi connectivity index (χ0v) is 14.6. The van der Waals surface area contributed by atoms with E-state index in [9.17, 15) is 9.90 Å². The molecule has 1 saturated carbocycles. The van der Waals surface area contributed by atoms with Gasteiger partial charge in [-0.3, -0.25) is 4.79 Å². The lowest BCUT2D eigenvalue weighted by Gasteiger charge is -2.15. The Morgan fingerprint density at radius 3 is 2.76 bits per heavy atom. The van der Waals surface area contributed by atoms with Crippen LogP contribution in [0.3, 0.4) is 0 Å². The minimum absolute atomic E-state index is 0.0263. The monoisotopic (exact) mass is 344 g/mol. The van der Waals surface area contributed by atoms with Crippen LogP contribution >= 0.6 is 0 Å². The first-order valence-corrected chi connectivity index (χ1v) is 8.46. The molecule has 0 aliphatic heterocycles. The van der Waals surface area contributed by atoms with Crippen LogP contribution in [0.5, 0.6) is 0 Å². The van der Waals surface area contributed by atoms with Crippen LogP contribution in [0.2, 0.25) is 0 Å². The lowest BCUT2D eigenvalue weighted by molar-refractivity contribution is 0.0916. The van der Waals surface area contributed by atoms with Gasteiger partial charge in [0.05, 0.1) is 12.7 Å². The van der Waals surface area contributed by atoms with E-state index in [2.05, 4.69) is 15.5 Å². The summed E-state index contributed by atoms with van der Waals surface area (Å²) in [6.07, 6.45) is 2.68. The largest absolute Gasteiger partial charge is 0.393 e. The number of aromatic nitrogens is 3. The fourth-order valence-corrected chi connectivity index (χ4v) is 3.44. The molecule has 1 aromatic heterocycles. The summed E-state index contributed by atoms with van der Waals surface area (Å²) >= 11 is 0. The van der Waals surface area contributed by atoms with E-state index in [4.69, 9.17) is 4.74 Å². The van der Waals surface area contributed by atoms with E-state index in [1.807, 2.05) is 23.7 Å². The Bertz CT molecular complexity index is 713. The molecule has 1 heterocycles. The van der Waals surface area contributed by atoms with Gasteiger partial charge in [0.1, 0.15) is 12.2 Å². The maximum Gasteiger partial charge on any atom is 0.251 e. The molecule has 2 N–H and O–H groups in total. The van der Waals surface area contributed by atoms with E-state index < -0.39 is 6.10 Å². The van der Waals surface area contributed by atoms with Gasteiger partial charge in [-0.05, 0) is 30.5 Å². The lowest BCUT2D eigenvalue weighted by Crippen LogP contribution is -2.32. The topological polar surface area (TPSA) is 89.3 Å². The number of aliphatic hydroxyl groups excluding tert-OH is 1. The van der Waals surface area contributed by atoms with Crippen molar-refractivity contribution in [3.63, 3.8) is 0 Å². The van der Waals surface area contributed by atoms with Crippen LogP contribution in [0.4, 0.5) is 0 Å². The van der Waals surface area contributed by atoms with E-state index in [1.54, 1.807) is 25.6 Å². The summed E-state index contributed by atoms with van der Waals surface area (Å²) in [6, 6.07) is 7.34. The van der Waals surface area contributed by atoms with Crippen LogP contribution in [0.25, 0.3) is 0 Å². The van der Waals surface area contributed by atoms with E-state index in [-0.39, 0.29) is 17.7 Å². The van der Waals surface area contributed by atoms with Gasteiger partial charge in [-0.25, -0.2) is 0 Å². The highest BCUT2D eigenvalue weighted by molar-refractivity contribution is 5.94. The smallest absolute Gasteiger partial charge is 0.251 e. The molecule has 3 rings (SSSR count). The number of nitrogens with one attached hydrogen (secondary N) is 1. The molecule has 1 aromatic carbocycles. The predicted molar refractivity (Wildman–Crippen MR) is 92.0 cm³/mol. The molecule has 1 aliphatic carbocycles. The number of carbonyl (C=O) groups excluding carboxylic acids is 1. The van der Waals surface area contributed by atoms with Crippen molar-refractivity contribution < 1.29 is 14.6 Å². The van der Waals surface area contributed by atoms with Gasteiger partial charge in [0.15, 0.2) is 0 Å². The highest BCUT2D eigenvalue weighted by Crippen LogP contribution is 2.37. The molecule has 2 aromatic rings. The summed E-state index contributed by atoms with van der Waals surface area (Å²) in [6.45, 7) is 0.980. The second kappa shape index (κ2) is 7.76. The number of carbonyl (C=O) groups is 1. The zero-order valence-electron chi connectivity index (χ0n) is 14.6. The molecule has 0 saturated heterocycles. The van der Waals surface area contributed by atoms with Gasteiger partial charge in [0.25, 0.3) is 5.91 Å². The van der Waals surface area contributed by atoms with Crippen molar-refractivity contribution in [3.05, 3.63) is 47.5 Å². The minimum atomic E-state index is -0.439. The van der Waals surface area contributed by atoms with E-state index in [0.717, 1.165) is 17.8 Å². The van der Waals surface area contributed by atoms with Gasteiger partial charge in [-0.1, -0.05) is 12.1 Å². The molecule has 1 amide bonds. The van der Waals surface area contributed by atoms with Gasteiger partial charge in [-0.15, -0.1) is 10.2 Å². The maximum atomic E-state index is 12.3. The molecule has 3 atom stereocenters. The minimum Gasteiger partial charge on any atom is -0.393 e. The maximum absolute atomic E-state index is 12.3. The number of rotatable bonds is 6. The molecule has 0 radical (unpaired) electrons. The summed E-state index contributed by atoms with van der Waals surface area (Å²) in [4.78, 5) is 12.3. The first kappa shape index (κ1) is 17.6. The molecular formula is C18H24N4O3. The van der Waals surface area contributed by atoms with Crippen molar-refractivity contribution in [2.24, 2.45) is 13.0 Å². The van der Waals surface area contributed by atoms with Gasteiger partial charge in [0, 0.05) is 38.1 Å². The molecular weight excluding hydrogens is 320 g/mol. The number of aliphatic hydroxyl groups is 1. The van der Waals surface area contributed by atoms with Crippen LogP contribution in [0.1, 0.15) is 40.5 Å². The highest BCUT2D eigenvalue weighted by Gasteiger charge is 2.36. The predicted octanol–water partition coefficient (Wildman–Crippen LogP) is 1.25. The Hall–Kier alpha value is -2.25. The Balaban J connectivity index is 1.54. The molecule has 7 nitrogen and oxygen atoms in total. The first-order chi connectivity index (χ1) is 12.1. The van der Waals surface area contributed by atoms with Crippen molar-refractivity contribution in [1.82, 2.24) is 20.1 Å². The summed E-state index contributed by atoms with van der Waals surface area (Å²) in [7, 11) is 3.55. The van der Waals surface area contributed by atoms with Crippen LogP contribution in [0.15, 0.2) is 30.6 Å². The van der Waals surface area contributed by atoms with Gasteiger partial charge in [0.2, 0.25) is 0 Å². The molecule has 0 unspecified atom stereocenters. The molecule has 25 heavy (non-hydrogen) atoms. The number of hydrogen-bond acceptors (Lipinski definition) is 5. The van der Waals surface area contributed by atoms with Crippen LogP contribution in [-0.2, 0) is 18.4 Å². The van der Waals surface area contributed by atoms with Crippen LogP contribution in [0, 0.1) is 5.92 Å². The number of amides is 1. The van der Waals surface area contributed by atoms with Gasteiger partial charge in [-0.2, -0.15) is 0 Å². The molecule has 0 spiro atoms. The average Bonchev–Trinajstić information content (AvgIpc) is 3.19. The number of benzene rings is 1. The van der Waals surface area contributed by atoms with Crippen LogP contribution < -0.4 is 5.32 Å². The Morgan fingerprint density at radius 2 is 2.12 bits per heavy atom. The number of aryl methyl sites for hydroxylation is 1. The summed E-state index contributed by atoms with van der Waals surface area (Å²) < 4.78 is 6.95. The second-order valence-electron chi connectivity index (χ2n) is 6.64. The Kier molecular flexibility index (Phi) is 5.45.